The zero-order chi connectivity index (χ0) is 20.9. The van der Waals surface area contributed by atoms with Crippen LogP contribution in [0.5, 0.6) is 0 Å². The van der Waals surface area contributed by atoms with Crippen molar-refractivity contribution in [3.63, 3.8) is 0 Å². The molecule has 29 heavy (non-hydrogen) atoms. The predicted octanol–water partition coefficient (Wildman–Crippen LogP) is 1.54. The van der Waals surface area contributed by atoms with Gasteiger partial charge in [-0.25, -0.2) is 4.79 Å². The van der Waals surface area contributed by atoms with Gasteiger partial charge in [-0.05, 0) is 24.7 Å². The highest BCUT2D eigenvalue weighted by atomic mass is 35.5. The molecule has 0 atom stereocenters. The molecule has 0 radical (unpaired) electrons. The molecule has 0 amide bonds. The number of fused-ring (bicyclic) bond motifs is 1. The highest BCUT2D eigenvalue weighted by Gasteiger charge is 2.25. The molecular weight excluding hydrogens is 415 g/mol. The van der Waals surface area contributed by atoms with Gasteiger partial charge in [0.1, 0.15) is 0 Å². The average molecular weight is 437 g/mol. The normalized spacial score (nSPS) is 15.4. The number of rotatable bonds is 3. The molecule has 8 nitrogen and oxygen atoms in total. The third-order valence-corrected chi connectivity index (χ3v) is 6.18. The van der Waals surface area contributed by atoms with Gasteiger partial charge >= 0.3 is 5.69 Å². The van der Waals surface area contributed by atoms with Gasteiger partial charge in [-0.15, -0.1) is 0 Å². The molecule has 1 saturated heterocycles. The first-order chi connectivity index (χ1) is 13.8. The third-order valence-electron chi connectivity index (χ3n) is 5.44. The van der Waals surface area contributed by atoms with Gasteiger partial charge in [-0.3, -0.25) is 18.5 Å². The maximum atomic E-state index is 13.0. The fraction of sp³-hybridized carbons (Fsp3) is 0.421. The van der Waals surface area contributed by atoms with Gasteiger partial charge in [0.25, 0.3) is 5.56 Å². The summed E-state index contributed by atoms with van der Waals surface area (Å²) in [5.74, 6) is 0.678. The Morgan fingerprint density at radius 2 is 1.66 bits per heavy atom. The number of aryl methyl sites for hydroxylation is 1. The van der Waals surface area contributed by atoms with Gasteiger partial charge < -0.3 is 9.80 Å². The van der Waals surface area contributed by atoms with Crippen LogP contribution in [0.4, 0.5) is 5.95 Å². The fourth-order valence-electron chi connectivity index (χ4n) is 3.65. The van der Waals surface area contributed by atoms with E-state index < -0.39 is 5.69 Å². The topological polar surface area (TPSA) is 68.3 Å². The van der Waals surface area contributed by atoms with E-state index in [4.69, 9.17) is 28.2 Å². The van der Waals surface area contributed by atoms with Crippen LogP contribution in [-0.4, -0.2) is 56.8 Å². The van der Waals surface area contributed by atoms with Gasteiger partial charge in [0.05, 0.1) is 16.6 Å². The lowest BCUT2D eigenvalue weighted by Gasteiger charge is -2.33. The molecule has 4 rings (SSSR count). The minimum absolute atomic E-state index is 0.365. The van der Waals surface area contributed by atoms with Crippen molar-refractivity contribution in [1.82, 2.24) is 23.6 Å². The molecule has 10 heteroatoms. The van der Waals surface area contributed by atoms with Gasteiger partial charge in [-0.1, -0.05) is 29.3 Å². The highest BCUT2D eigenvalue weighted by molar-refractivity contribution is 6.42. The summed E-state index contributed by atoms with van der Waals surface area (Å²) < 4.78 is 4.41. The van der Waals surface area contributed by atoms with Crippen molar-refractivity contribution in [2.24, 2.45) is 14.1 Å². The smallest absolute Gasteiger partial charge is 0.332 e. The van der Waals surface area contributed by atoms with Crippen molar-refractivity contribution in [2.75, 3.05) is 38.1 Å². The summed E-state index contributed by atoms with van der Waals surface area (Å²) in [6, 6.07) is 5.40. The molecule has 0 spiro atoms. The number of imidazole rings is 1. The second-order valence-electron chi connectivity index (χ2n) is 7.41. The molecule has 1 fully saturated rings. The molecule has 1 aliphatic rings. The molecule has 0 saturated carbocycles. The Balaban J connectivity index is 1.93. The molecule has 154 valence electrons. The summed E-state index contributed by atoms with van der Waals surface area (Å²) in [6.45, 7) is 3.76. The molecule has 3 aromatic rings. The number of piperazine rings is 1. The predicted molar refractivity (Wildman–Crippen MR) is 115 cm³/mol. The molecule has 0 unspecified atom stereocenters. The highest BCUT2D eigenvalue weighted by Crippen LogP contribution is 2.26. The van der Waals surface area contributed by atoms with E-state index in [1.807, 2.05) is 10.6 Å². The first-order valence-electron chi connectivity index (χ1n) is 9.31. The largest absolute Gasteiger partial charge is 0.340 e. The average Bonchev–Trinajstić information content (AvgIpc) is 3.07. The van der Waals surface area contributed by atoms with Crippen molar-refractivity contribution in [3.05, 3.63) is 54.6 Å². The Hall–Kier alpha value is -2.29. The Bertz CT molecular complexity index is 1200. The monoisotopic (exact) mass is 436 g/mol. The molecule has 0 N–H and O–H groups in total. The number of nitrogens with zero attached hydrogens (tertiary/aromatic N) is 6. The van der Waals surface area contributed by atoms with E-state index in [-0.39, 0.29) is 5.56 Å². The summed E-state index contributed by atoms with van der Waals surface area (Å²) in [5.41, 5.74) is 0.911. The Morgan fingerprint density at radius 3 is 2.31 bits per heavy atom. The Morgan fingerprint density at radius 1 is 0.966 bits per heavy atom. The lowest BCUT2D eigenvalue weighted by molar-refractivity contribution is 0.310. The second-order valence-corrected chi connectivity index (χ2v) is 8.23. The minimum atomic E-state index is -0.397. The van der Waals surface area contributed by atoms with E-state index in [9.17, 15) is 9.59 Å². The van der Waals surface area contributed by atoms with Crippen LogP contribution in [0.25, 0.3) is 11.2 Å². The first-order valence-corrected chi connectivity index (χ1v) is 10.1. The fourth-order valence-corrected chi connectivity index (χ4v) is 3.97. The van der Waals surface area contributed by atoms with Crippen molar-refractivity contribution in [2.45, 2.75) is 6.54 Å². The minimum Gasteiger partial charge on any atom is -0.340 e. The number of anilines is 1. The number of likely N-dealkylation sites (N-methyl/N-ethyl adjacent to an activating group) is 1. The maximum absolute atomic E-state index is 13.0. The summed E-state index contributed by atoms with van der Waals surface area (Å²) >= 11 is 12.2. The summed E-state index contributed by atoms with van der Waals surface area (Å²) in [4.78, 5) is 34.5. The van der Waals surface area contributed by atoms with Crippen LogP contribution in [0.1, 0.15) is 5.56 Å². The van der Waals surface area contributed by atoms with Gasteiger partial charge in [0, 0.05) is 40.3 Å². The zero-order valence-corrected chi connectivity index (χ0v) is 18.0. The molecule has 0 aliphatic carbocycles. The molecule has 3 heterocycles. The molecule has 2 aromatic heterocycles. The first kappa shape index (κ1) is 20.0. The quantitative estimate of drug-likeness (QED) is 0.622. The summed E-state index contributed by atoms with van der Waals surface area (Å²) in [6.07, 6.45) is 0. The van der Waals surface area contributed by atoms with Crippen LogP contribution in [0.15, 0.2) is 27.8 Å². The van der Waals surface area contributed by atoms with Gasteiger partial charge in [-0.2, -0.15) is 4.98 Å². The van der Waals surface area contributed by atoms with E-state index in [0.29, 0.717) is 33.7 Å². The van der Waals surface area contributed by atoms with E-state index in [1.54, 1.807) is 19.2 Å². The van der Waals surface area contributed by atoms with Gasteiger partial charge in [0.15, 0.2) is 11.2 Å². The van der Waals surface area contributed by atoms with Crippen LogP contribution in [0, 0.1) is 0 Å². The SMILES string of the molecule is CN1CCN(c2nc3c(c(=O)n(C)c(=O)n3C)n2Cc2ccc(Cl)c(Cl)c2)CC1. The van der Waals surface area contributed by atoms with Crippen LogP contribution in [-0.2, 0) is 20.6 Å². The van der Waals surface area contributed by atoms with Crippen LogP contribution in [0.3, 0.4) is 0 Å². The van der Waals surface area contributed by atoms with Crippen LogP contribution >= 0.6 is 23.2 Å². The van der Waals surface area contributed by atoms with E-state index in [0.717, 1.165) is 36.3 Å². The third kappa shape index (κ3) is 3.45. The van der Waals surface area contributed by atoms with Gasteiger partial charge in [0.2, 0.25) is 5.95 Å². The number of benzene rings is 1. The van der Waals surface area contributed by atoms with Crippen molar-refractivity contribution >= 4 is 40.3 Å². The van der Waals surface area contributed by atoms with E-state index in [1.165, 1.54) is 11.6 Å². The maximum Gasteiger partial charge on any atom is 0.332 e. The van der Waals surface area contributed by atoms with E-state index >= 15 is 0 Å². The lowest BCUT2D eigenvalue weighted by atomic mass is 10.2. The van der Waals surface area contributed by atoms with Crippen LogP contribution < -0.4 is 16.1 Å². The van der Waals surface area contributed by atoms with Crippen molar-refractivity contribution in [3.8, 4) is 0 Å². The summed E-state index contributed by atoms with van der Waals surface area (Å²) in [7, 11) is 5.19. The van der Waals surface area contributed by atoms with E-state index in [2.05, 4.69) is 16.8 Å². The van der Waals surface area contributed by atoms with Crippen molar-refractivity contribution < 1.29 is 0 Å². The van der Waals surface area contributed by atoms with Crippen LogP contribution in [0.2, 0.25) is 10.0 Å². The number of halogens is 2. The molecule has 1 aliphatic heterocycles. The zero-order valence-electron chi connectivity index (χ0n) is 16.5. The molecular formula is C19H22Cl2N6O2. The second kappa shape index (κ2) is 7.51. The van der Waals surface area contributed by atoms with Crippen molar-refractivity contribution in [1.29, 1.82) is 0 Å². The number of aromatic nitrogens is 4. The number of hydrogen-bond acceptors (Lipinski definition) is 5. The summed E-state index contributed by atoms with van der Waals surface area (Å²) in [5, 5.41) is 0.929. The Kier molecular flexibility index (Phi) is 5.18. The molecule has 1 aromatic carbocycles. The number of hydrogen-bond donors (Lipinski definition) is 0. The Labute approximate surface area is 177 Å². The molecule has 0 bridgehead atoms. The lowest BCUT2D eigenvalue weighted by Crippen LogP contribution is -2.45. The standard InChI is InChI=1S/C19H22Cl2N6O2/c1-23-6-8-26(9-7-23)18-22-16-15(17(28)25(3)19(29)24(16)2)27(18)11-12-4-5-13(20)14(21)10-12/h4-5,10H,6-9,11H2,1-3H3.